The summed E-state index contributed by atoms with van der Waals surface area (Å²) in [5.74, 6) is 0.720. The van der Waals surface area contributed by atoms with Crippen molar-refractivity contribution in [3.63, 3.8) is 0 Å². The highest BCUT2D eigenvalue weighted by Crippen LogP contribution is 2.30. The van der Waals surface area contributed by atoms with Crippen LogP contribution in [0.4, 0.5) is 0 Å². The molecule has 2 aromatic carbocycles. The molecule has 2 aromatic heterocycles. The highest BCUT2D eigenvalue weighted by atomic mass is 16.3. The van der Waals surface area contributed by atoms with Gasteiger partial charge >= 0.3 is 0 Å². The first-order valence-corrected chi connectivity index (χ1v) is 14.1. The van der Waals surface area contributed by atoms with Crippen LogP contribution in [0, 0.1) is 27.7 Å². The average Bonchev–Trinajstić information content (AvgIpc) is 2.94. The smallest absolute Gasteiger partial charge is 0.121 e. The minimum Gasteiger partial charge on any atom is -0.507 e. The van der Waals surface area contributed by atoms with Gasteiger partial charge in [-0.05, 0) is 143 Å². The minimum atomic E-state index is 0.359. The summed E-state index contributed by atoms with van der Waals surface area (Å²) in [5, 5.41) is 20.3. The molecular formula is C34H40N4O2. The van der Waals surface area contributed by atoms with Crippen LogP contribution in [0.3, 0.4) is 0 Å². The van der Waals surface area contributed by atoms with Gasteiger partial charge in [-0.15, -0.1) is 0 Å². The van der Waals surface area contributed by atoms with E-state index in [1.807, 2.05) is 64.4 Å². The molecule has 0 amide bonds. The number of pyridine rings is 2. The number of aryl methyl sites for hydroxylation is 4. The maximum Gasteiger partial charge on any atom is 0.121 e. The molecule has 3 heterocycles. The van der Waals surface area contributed by atoms with Crippen molar-refractivity contribution >= 4 is 0 Å². The summed E-state index contributed by atoms with van der Waals surface area (Å²) in [7, 11) is 2.23. The van der Waals surface area contributed by atoms with E-state index in [-0.39, 0.29) is 0 Å². The fraction of sp³-hybridized carbons (Fsp3) is 0.353. The van der Waals surface area contributed by atoms with E-state index in [1.54, 1.807) is 0 Å². The van der Waals surface area contributed by atoms with Crippen molar-refractivity contribution in [2.24, 2.45) is 0 Å². The van der Waals surface area contributed by atoms with Gasteiger partial charge < -0.3 is 10.2 Å². The second-order valence-corrected chi connectivity index (χ2v) is 11.4. The largest absolute Gasteiger partial charge is 0.507 e. The molecule has 0 saturated carbocycles. The number of phenolic OH excluding ortho intramolecular Hbond substituents is 2. The monoisotopic (exact) mass is 536 g/mol. The molecule has 1 aliphatic heterocycles. The van der Waals surface area contributed by atoms with E-state index >= 15 is 0 Å². The Bertz CT molecular complexity index is 1460. The second kappa shape index (κ2) is 11.8. The number of aromatic nitrogens is 2. The lowest BCUT2D eigenvalue weighted by molar-refractivity contribution is 0.119. The first kappa shape index (κ1) is 27.8. The molecule has 0 unspecified atom stereocenters. The van der Waals surface area contributed by atoms with Gasteiger partial charge in [0.15, 0.2) is 0 Å². The molecule has 1 aliphatic rings. The Kier molecular flexibility index (Phi) is 8.19. The first-order chi connectivity index (χ1) is 19.2. The topological polar surface area (TPSA) is 72.7 Å². The highest BCUT2D eigenvalue weighted by molar-refractivity contribution is 5.65. The van der Waals surface area contributed by atoms with E-state index in [0.717, 1.165) is 83.8 Å². The molecule has 1 fully saturated rings. The Morgan fingerprint density at radius 2 is 1.18 bits per heavy atom. The Morgan fingerprint density at radius 3 is 1.68 bits per heavy atom. The first-order valence-electron chi connectivity index (χ1n) is 14.1. The lowest BCUT2D eigenvalue weighted by Crippen LogP contribution is -2.42. The van der Waals surface area contributed by atoms with Crippen molar-refractivity contribution in [3.05, 3.63) is 94.3 Å². The Labute approximate surface area is 238 Å². The molecule has 0 radical (unpaired) electrons. The van der Waals surface area contributed by atoms with Crippen LogP contribution >= 0.6 is 0 Å². The van der Waals surface area contributed by atoms with E-state index in [4.69, 9.17) is 0 Å². The van der Waals surface area contributed by atoms with Crippen molar-refractivity contribution in [2.75, 3.05) is 20.1 Å². The molecule has 0 atom stereocenters. The van der Waals surface area contributed by atoms with Crippen LogP contribution in [0.15, 0.2) is 60.9 Å². The van der Waals surface area contributed by atoms with E-state index in [0.29, 0.717) is 17.5 Å². The molecule has 0 aliphatic carbocycles. The minimum absolute atomic E-state index is 0.359. The Balaban J connectivity index is 1.18. The van der Waals surface area contributed by atoms with Gasteiger partial charge in [-0.3, -0.25) is 19.8 Å². The van der Waals surface area contributed by atoms with Crippen LogP contribution in [-0.4, -0.2) is 56.2 Å². The lowest BCUT2D eigenvalue weighted by Gasteiger charge is -2.37. The lowest BCUT2D eigenvalue weighted by atomic mass is 10.0. The van der Waals surface area contributed by atoms with Crippen molar-refractivity contribution in [1.82, 2.24) is 19.8 Å². The van der Waals surface area contributed by atoms with E-state index in [2.05, 4.69) is 51.1 Å². The quantitative estimate of drug-likeness (QED) is 0.279. The highest BCUT2D eigenvalue weighted by Gasteiger charge is 2.23. The zero-order valence-electron chi connectivity index (χ0n) is 24.3. The fourth-order valence-corrected chi connectivity index (χ4v) is 5.86. The maximum absolute atomic E-state index is 10.1. The molecule has 6 nitrogen and oxygen atoms in total. The summed E-state index contributed by atoms with van der Waals surface area (Å²) in [6.07, 6.45) is 6.06. The molecule has 40 heavy (non-hydrogen) atoms. The third-order valence-corrected chi connectivity index (χ3v) is 8.24. The van der Waals surface area contributed by atoms with Crippen LogP contribution in [0.2, 0.25) is 0 Å². The number of phenols is 2. The number of aromatic hydroxyl groups is 2. The van der Waals surface area contributed by atoms with Crippen LogP contribution in [0.25, 0.3) is 22.5 Å². The van der Waals surface area contributed by atoms with Gasteiger partial charge in [-0.2, -0.15) is 0 Å². The van der Waals surface area contributed by atoms with Gasteiger partial charge in [0, 0.05) is 42.7 Å². The molecule has 4 aromatic rings. The molecule has 6 heteroatoms. The zero-order valence-corrected chi connectivity index (χ0v) is 24.3. The van der Waals surface area contributed by atoms with E-state index < -0.39 is 0 Å². The van der Waals surface area contributed by atoms with Crippen molar-refractivity contribution < 1.29 is 10.2 Å². The van der Waals surface area contributed by atoms with Crippen LogP contribution in [-0.2, 0) is 13.1 Å². The summed E-state index contributed by atoms with van der Waals surface area (Å²) in [6, 6.07) is 17.1. The van der Waals surface area contributed by atoms with E-state index in [1.165, 1.54) is 11.1 Å². The van der Waals surface area contributed by atoms with Crippen molar-refractivity contribution in [1.29, 1.82) is 0 Å². The molecule has 2 N–H and O–H groups in total. The Morgan fingerprint density at radius 1 is 0.725 bits per heavy atom. The molecule has 0 spiro atoms. The molecule has 208 valence electrons. The summed E-state index contributed by atoms with van der Waals surface area (Å²) >= 11 is 0. The summed E-state index contributed by atoms with van der Waals surface area (Å²) < 4.78 is 0. The van der Waals surface area contributed by atoms with Crippen LogP contribution < -0.4 is 0 Å². The van der Waals surface area contributed by atoms with Crippen molar-refractivity contribution in [3.8, 4) is 34.0 Å². The zero-order chi connectivity index (χ0) is 28.4. The summed E-state index contributed by atoms with van der Waals surface area (Å²) in [6.45, 7) is 11.7. The third kappa shape index (κ3) is 6.19. The predicted molar refractivity (Wildman–Crippen MR) is 161 cm³/mol. The summed E-state index contributed by atoms with van der Waals surface area (Å²) in [5.41, 5.74) is 10.0. The van der Waals surface area contributed by atoms with Gasteiger partial charge in [-0.1, -0.05) is 0 Å². The number of likely N-dealkylation sites (tertiary alicyclic amines) is 1. The van der Waals surface area contributed by atoms with Gasteiger partial charge in [0.2, 0.25) is 0 Å². The number of hydrogen-bond donors (Lipinski definition) is 2. The number of piperidine rings is 1. The Hall–Kier alpha value is -3.74. The normalized spacial score (nSPS) is 14.7. The van der Waals surface area contributed by atoms with Gasteiger partial charge in [0.25, 0.3) is 0 Å². The fourth-order valence-electron chi connectivity index (χ4n) is 5.86. The van der Waals surface area contributed by atoms with Crippen LogP contribution in [0.1, 0.15) is 46.2 Å². The van der Waals surface area contributed by atoms with Crippen molar-refractivity contribution in [2.45, 2.75) is 59.7 Å². The maximum atomic E-state index is 10.1. The predicted octanol–water partition coefficient (Wildman–Crippen LogP) is 6.55. The summed E-state index contributed by atoms with van der Waals surface area (Å²) in [4.78, 5) is 14.2. The molecule has 5 rings (SSSR count). The molecule has 0 bridgehead atoms. The molecular weight excluding hydrogens is 496 g/mol. The average molecular weight is 537 g/mol. The number of benzene rings is 2. The van der Waals surface area contributed by atoms with E-state index in [9.17, 15) is 10.2 Å². The number of hydrogen-bond acceptors (Lipinski definition) is 6. The third-order valence-electron chi connectivity index (χ3n) is 8.24. The van der Waals surface area contributed by atoms with Gasteiger partial charge in [0.05, 0.1) is 11.4 Å². The number of rotatable bonds is 7. The standard InChI is InChI=1S/C34H40N4O2/c1-22-14-28(15-23(2)33(22)39)31-18-26(6-10-35-31)20-37(5)30-8-12-38(13-9-30)21-27-7-11-36-32(19-27)29-16-24(3)34(40)25(4)17-29/h6-7,10-11,14-19,30,39-40H,8-9,12-13,20-21H2,1-5H3. The van der Waals surface area contributed by atoms with Gasteiger partial charge in [-0.25, -0.2) is 0 Å². The SMILES string of the molecule is Cc1cc(-c2cc(CN3CCC(N(C)Cc4ccnc(-c5cc(C)c(O)c(C)c5)c4)CC3)ccn2)cc(C)c1O. The van der Waals surface area contributed by atoms with Gasteiger partial charge in [0.1, 0.15) is 11.5 Å². The second-order valence-electron chi connectivity index (χ2n) is 11.4. The number of nitrogens with zero attached hydrogens (tertiary/aromatic N) is 4. The van der Waals surface area contributed by atoms with Crippen LogP contribution in [0.5, 0.6) is 11.5 Å². The molecule has 1 saturated heterocycles.